The van der Waals surface area contributed by atoms with Crippen molar-refractivity contribution in [2.45, 2.75) is 18.8 Å². The van der Waals surface area contributed by atoms with Crippen molar-refractivity contribution in [3.63, 3.8) is 0 Å². The number of fused-ring (bicyclic) bond motifs is 1. The molecular weight excluding hydrogens is 311 g/mol. The molecule has 0 unspecified atom stereocenters. The summed E-state index contributed by atoms with van der Waals surface area (Å²) in [4.78, 5) is 5.76. The van der Waals surface area contributed by atoms with Crippen molar-refractivity contribution in [1.82, 2.24) is 9.88 Å². The van der Waals surface area contributed by atoms with E-state index in [1.807, 2.05) is 24.3 Å². The third kappa shape index (κ3) is 3.38. The van der Waals surface area contributed by atoms with Crippen molar-refractivity contribution in [3.8, 4) is 0 Å². The van der Waals surface area contributed by atoms with Crippen LogP contribution in [0.4, 0.5) is 4.39 Å². The number of aromatic nitrogens is 1. The Balaban J connectivity index is 1.67. The maximum absolute atomic E-state index is 14.5. The van der Waals surface area contributed by atoms with E-state index in [0.29, 0.717) is 11.5 Å². The lowest BCUT2D eigenvalue weighted by Gasteiger charge is -2.28. The van der Waals surface area contributed by atoms with Crippen LogP contribution in [0.2, 0.25) is 0 Å². The maximum atomic E-state index is 14.5. The summed E-state index contributed by atoms with van der Waals surface area (Å²) in [5.41, 5.74) is 4.03. The molecule has 25 heavy (non-hydrogen) atoms. The zero-order chi connectivity index (χ0) is 17.2. The number of aromatic amines is 1. The molecule has 1 aliphatic heterocycles. The van der Waals surface area contributed by atoms with Crippen LogP contribution in [0.25, 0.3) is 22.8 Å². The molecule has 2 heterocycles. The van der Waals surface area contributed by atoms with Crippen molar-refractivity contribution >= 4 is 22.8 Å². The minimum atomic E-state index is -0.198. The molecule has 4 rings (SSSR count). The van der Waals surface area contributed by atoms with Crippen LogP contribution in [-0.4, -0.2) is 30.0 Å². The summed E-state index contributed by atoms with van der Waals surface area (Å²) in [6.45, 7) is 2.28. The Morgan fingerprint density at radius 3 is 2.64 bits per heavy atom. The minimum absolute atomic E-state index is 0.198. The van der Waals surface area contributed by atoms with Gasteiger partial charge in [-0.05, 0) is 68.2 Å². The van der Waals surface area contributed by atoms with E-state index in [2.05, 4.69) is 35.3 Å². The van der Waals surface area contributed by atoms with Gasteiger partial charge in [0, 0.05) is 22.7 Å². The number of halogens is 1. The number of nitrogens with one attached hydrogen (secondary N) is 1. The van der Waals surface area contributed by atoms with Gasteiger partial charge in [-0.1, -0.05) is 36.4 Å². The zero-order valence-corrected chi connectivity index (χ0v) is 14.5. The van der Waals surface area contributed by atoms with E-state index >= 15 is 0 Å². The Bertz CT molecular complexity index is 887. The topological polar surface area (TPSA) is 19.0 Å². The fraction of sp³-hybridized carbons (Fsp3) is 0.273. The molecule has 3 aromatic rings. The number of likely N-dealkylation sites (tertiary alicyclic amines) is 1. The predicted octanol–water partition coefficient (Wildman–Crippen LogP) is 5.44. The summed E-state index contributed by atoms with van der Waals surface area (Å²) in [5, 5.41) is 1.23. The van der Waals surface area contributed by atoms with Gasteiger partial charge in [-0.3, -0.25) is 0 Å². The number of benzene rings is 2. The third-order valence-corrected chi connectivity index (χ3v) is 5.24. The van der Waals surface area contributed by atoms with E-state index in [9.17, 15) is 4.39 Å². The number of rotatable bonds is 3. The number of H-pyrrole nitrogens is 1. The molecule has 0 bridgehead atoms. The molecule has 0 aliphatic carbocycles. The first-order valence-corrected chi connectivity index (χ1v) is 8.93. The van der Waals surface area contributed by atoms with E-state index in [1.165, 1.54) is 23.8 Å². The molecule has 1 saturated heterocycles. The molecule has 2 aromatic carbocycles. The van der Waals surface area contributed by atoms with Crippen LogP contribution in [0, 0.1) is 0 Å². The van der Waals surface area contributed by atoms with E-state index < -0.39 is 0 Å². The lowest BCUT2D eigenvalue weighted by molar-refractivity contribution is 0.256. The van der Waals surface area contributed by atoms with Crippen LogP contribution in [-0.2, 0) is 0 Å². The van der Waals surface area contributed by atoms with Crippen LogP contribution >= 0.6 is 0 Å². The molecule has 0 saturated carbocycles. The number of hydrogen-bond acceptors (Lipinski definition) is 1. The van der Waals surface area contributed by atoms with Crippen molar-refractivity contribution in [3.05, 3.63) is 71.4 Å². The molecule has 1 N–H and O–H groups in total. The molecule has 0 atom stereocenters. The number of piperidine rings is 1. The highest BCUT2D eigenvalue weighted by Crippen LogP contribution is 2.33. The summed E-state index contributed by atoms with van der Waals surface area (Å²) in [5.74, 6) is 0.388. The molecule has 1 aliphatic rings. The number of hydrogen-bond donors (Lipinski definition) is 1. The van der Waals surface area contributed by atoms with Crippen molar-refractivity contribution in [1.29, 1.82) is 0 Å². The van der Waals surface area contributed by atoms with Gasteiger partial charge in [-0.15, -0.1) is 0 Å². The van der Waals surface area contributed by atoms with Crippen LogP contribution in [0.5, 0.6) is 0 Å². The Hall–Kier alpha value is -2.39. The van der Waals surface area contributed by atoms with Gasteiger partial charge in [-0.2, -0.15) is 0 Å². The first-order valence-electron chi connectivity index (χ1n) is 8.93. The molecule has 128 valence electrons. The van der Waals surface area contributed by atoms with Crippen LogP contribution < -0.4 is 0 Å². The lowest BCUT2D eigenvalue weighted by atomic mass is 9.89. The predicted molar refractivity (Wildman–Crippen MR) is 103 cm³/mol. The molecule has 1 fully saturated rings. The maximum Gasteiger partial charge on any atom is 0.131 e. The van der Waals surface area contributed by atoms with Crippen LogP contribution in [0.15, 0.2) is 54.7 Å². The van der Waals surface area contributed by atoms with E-state index in [-0.39, 0.29) is 5.83 Å². The van der Waals surface area contributed by atoms with Gasteiger partial charge in [0.15, 0.2) is 0 Å². The lowest BCUT2D eigenvalue weighted by Crippen LogP contribution is -2.29. The fourth-order valence-corrected chi connectivity index (χ4v) is 3.73. The second-order valence-corrected chi connectivity index (χ2v) is 6.98. The van der Waals surface area contributed by atoms with E-state index in [1.54, 1.807) is 18.2 Å². The highest BCUT2D eigenvalue weighted by Gasteiger charge is 2.21. The van der Waals surface area contributed by atoms with Gasteiger partial charge < -0.3 is 9.88 Å². The standard InChI is InChI=1S/C22H23FN2/c1-25-11-9-17(10-12-25)20-15-24-22-8-7-16(13-19(20)22)14-21(23)18-5-3-2-4-6-18/h2-8,13-15,17,24H,9-12H2,1H3/b21-14-. The van der Waals surface area contributed by atoms with Gasteiger partial charge in [0.05, 0.1) is 0 Å². The Labute approximate surface area is 148 Å². The highest BCUT2D eigenvalue weighted by atomic mass is 19.1. The first kappa shape index (κ1) is 16.1. The van der Waals surface area contributed by atoms with E-state index in [4.69, 9.17) is 0 Å². The summed E-state index contributed by atoms with van der Waals surface area (Å²) in [6, 6.07) is 15.3. The Kier molecular flexibility index (Phi) is 4.41. The van der Waals surface area contributed by atoms with Crippen molar-refractivity contribution < 1.29 is 4.39 Å². The first-order chi connectivity index (χ1) is 12.2. The van der Waals surface area contributed by atoms with Crippen LogP contribution in [0.3, 0.4) is 0 Å². The quantitative estimate of drug-likeness (QED) is 0.632. The molecular formula is C22H23FN2. The molecule has 3 heteroatoms. The SMILES string of the molecule is CN1CCC(c2c[nH]c3ccc(/C=C(\F)c4ccccc4)cc23)CC1. The minimum Gasteiger partial charge on any atom is -0.361 e. The Morgan fingerprint density at radius 2 is 1.88 bits per heavy atom. The summed E-state index contributed by atoms with van der Waals surface area (Å²) < 4.78 is 14.5. The van der Waals surface area contributed by atoms with Gasteiger partial charge >= 0.3 is 0 Å². The second kappa shape index (κ2) is 6.85. The normalized spacial score (nSPS) is 17.3. The average Bonchev–Trinajstić information content (AvgIpc) is 3.06. The smallest absolute Gasteiger partial charge is 0.131 e. The molecule has 0 spiro atoms. The summed E-state index contributed by atoms with van der Waals surface area (Å²) in [6.07, 6.45) is 6.13. The van der Waals surface area contributed by atoms with Gasteiger partial charge in [0.1, 0.15) is 5.83 Å². The third-order valence-electron chi connectivity index (χ3n) is 5.24. The largest absolute Gasteiger partial charge is 0.361 e. The fourth-order valence-electron chi connectivity index (χ4n) is 3.73. The second-order valence-electron chi connectivity index (χ2n) is 6.98. The Morgan fingerprint density at radius 1 is 1.12 bits per heavy atom. The van der Waals surface area contributed by atoms with Gasteiger partial charge in [0.2, 0.25) is 0 Å². The monoisotopic (exact) mass is 334 g/mol. The molecule has 0 amide bonds. The van der Waals surface area contributed by atoms with E-state index in [0.717, 1.165) is 24.2 Å². The summed E-state index contributed by atoms with van der Waals surface area (Å²) in [7, 11) is 2.18. The van der Waals surface area contributed by atoms with Crippen LogP contribution in [0.1, 0.15) is 35.4 Å². The average molecular weight is 334 g/mol. The van der Waals surface area contributed by atoms with Crippen molar-refractivity contribution in [2.24, 2.45) is 0 Å². The van der Waals surface area contributed by atoms with Crippen molar-refractivity contribution in [2.75, 3.05) is 20.1 Å². The molecule has 0 radical (unpaired) electrons. The molecule has 1 aromatic heterocycles. The highest BCUT2D eigenvalue weighted by molar-refractivity contribution is 5.88. The molecule has 2 nitrogen and oxygen atoms in total. The zero-order valence-electron chi connectivity index (χ0n) is 14.5. The van der Waals surface area contributed by atoms with Gasteiger partial charge in [-0.25, -0.2) is 4.39 Å². The summed E-state index contributed by atoms with van der Waals surface area (Å²) >= 11 is 0. The van der Waals surface area contributed by atoms with Gasteiger partial charge in [0.25, 0.3) is 0 Å². The number of nitrogens with zero attached hydrogens (tertiary/aromatic N) is 1.